The zero-order valence-corrected chi connectivity index (χ0v) is 9.43. The molecular formula is C11H12N2OS. The fraction of sp³-hybridized carbons (Fsp3) is 0.545. The van der Waals surface area contributed by atoms with E-state index in [2.05, 4.69) is 11.1 Å². The summed E-state index contributed by atoms with van der Waals surface area (Å²) < 4.78 is 0. The number of thiazole rings is 1. The molecule has 0 N–H and O–H groups in total. The number of carbonyl (C=O) groups is 1. The number of nitriles is 1. The normalized spacial score (nSPS) is 25.5. The first-order valence-corrected chi connectivity index (χ1v) is 5.90. The Bertz CT molecular complexity index is 432. The Balaban J connectivity index is 2.23. The van der Waals surface area contributed by atoms with E-state index in [0.29, 0.717) is 19.3 Å². The van der Waals surface area contributed by atoms with E-state index in [1.807, 2.05) is 12.3 Å². The molecule has 2 rings (SSSR count). The summed E-state index contributed by atoms with van der Waals surface area (Å²) in [6, 6.07) is 2.20. The van der Waals surface area contributed by atoms with Crippen molar-refractivity contribution in [3.05, 3.63) is 16.1 Å². The first-order valence-electron chi connectivity index (χ1n) is 5.02. The van der Waals surface area contributed by atoms with Gasteiger partial charge in [0.05, 0.1) is 16.8 Å². The maximum Gasteiger partial charge on any atom is 0.153 e. The molecular weight excluding hydrogens is 208 g/mol. The number of Topliss-reactive ketones (excluding diaryl/α,β-unsaturated/α-hetero) is 1. The average Bonchev–Trinajstić information content (AvgIpc) is 2.76. The number of hydrogen-bond acceptors (Lipinski definition) is 4. The van der Waals surface area contributed by atoms with Crippen LogP contribution >= 0.6 is 11.3 Å². The van der Waals surface area contributed by atoms with E-state index in [0.717, 1.165) is 17.1 Å². The first-order chi connectivity index (χ1) is 7.16. The van der Waals surface area contributed by atoms with Crippen molar-refractivity contribution in [3.8, 4) is 6.07 Å². The van der Waals surface area contributed by atoms with Crippen LogP contribution in [-0.4, -0.2) is 10.8 Å². The Morgan fingerprint density at radius 1 is 1.73 bits per heavy atom. The van der Waals surface area contributed by atoms with Crippen molar-refractivity contribution < 1.29 is 4.79 Å². The van der Waals surface area contributed by atoms with Gasteiger partial charge in [0, 0.05) is 18.2 Å². The van der Waals surface area contributed by atoms with Crippen LogP contribution < -0.4 is 0 Å². The maximum absolute atomic E-state index is 11.7. The molecule has 1 unspecified atom stereocenters. The van der Waals surface area contributed by atoms with Crippen LogP contribution in [0.3, 0.4) is 0 Å². The second-order valence-corrected chi connectivity index (χ2v) is 5.07. The largest absolute Gasteiger partial charge is 0.298 e. The molecule has 1 aliphatic carbocycles. The van der Waals surface area contributed by atoms with Gasteiger partial charge < -0.3 is 0 Å². The summed E-state index contributed by atoms with van der Waals surface area (Å²) in [5, 5.41) is 12.1. The minimum Gasteiger partial charge on any atom is -0.298 e. The van der Waals surface area contributed by atoms with Crippen molar-refractivity contribution in [3.63, 3.8) is 0 Å². The van der Waals surface area contributed by atoms with Gasteiger partial charge in [0.2, 0.25) is 0 Å². The topological polar surface area (TPSA) is 53.8 Å². The smallest absolute Gasteiger partial charge is 0.153 e. The molecule has 1 atom stereocenters. The zero-order valence-electron chi connectivity index (χ0n) is 8.62. The summed E-state index contributed by atoms with van der Waals surface area (Å²) >= 11 is 1.57. The second-order valence-electron chi connectivity index (χ2n) is 4.01. The van der Waals surface area contributed by atoms with Gasteiger partial charge in [-0.3, -0.25) is 4.79 Å². The number of rotatable bonds is 2. The zero-order chi connectivity index (χ0) is 10.9. The molecule has 15 heavy (non-hydrogen) atoms. The SMILES string of the molecule is Cc1nc(CC2(C#N)CCCC2=O)cs1. The summed E-state index contributed by atoms with van der Waals surface area (Å²) in [5.74, 6) is 0.0932. The molecule has 1 saturated carbocycles. The van der Waals surface area contributed by atoms with Gasteiger partial charge in [-0.25, -0.2) is 4.98 Å². The van der Waals surface area contributed by atoms with Gasteiger partial charge in [0.25, 0.3) is 0 Å². The highest BCUT2D eigenvalue weighted by atomic mass is 32.1. The van der Waals surface area contributed by atoms with E-state index < -0.39 is 5.41 Å². The number of hydrogen-bond donors (Lipinski definition) is 0. The average molecular weight is 220 g/mol. The molecule has 0 saturated heterocycles. The quantitative estimate of drug-likeness (QED) is 0.768. The number of aromatic nitrogens is 1. The van der Waals surface area contributed by atoms with Crippen molar-refractivity contribution in [1.82, 2.24) is 4.98 Å². The molecule has 0 amide bonds. The minimum absolute atomic E-state index is 0.0932. The number of nitrogens with zero attached hydrogens (tertiary/aromatic N) is 2. The minimum atomic E-state index is -0.777. The molecule has 0 bridgehead atoms. The van der Waals surface area contributed by atoms with Crippen LogP contribution in [0, 0.1) is 23.7 Å². The van der Waals surface area contributed by atoms with Crippen LogP contribution in [0.25, 0.3) is 0 Å². The predicted octanol–water partition coefficient (Wildman–Crippen LogP) is 2.26. The van der Waals surface area contributed by atoms with Crippen molar-refractivity contribution in [2.24, 2.45) is 5.41 Å². The summed E-state index contributed by atoms with van der Waals surface area (Å²) in [4.78, 5) is 16.0. The molecule has 3 nitrogen and oxygen atoms in total. The molecule has 0 aromatic carbocycles. The van der Waals surface area contributed by atoms with Crippen LogP contribution in [0.4, 0.5) is 0 Å². The summed E-state index contributed by atoms with van der Waals surface area (Å²) in [6.07, 6.45) is 2.58. The third kappa shape index (κ3) is 1.80. The molecule has 0 radical (unpaired) electrons. The Kier molecular flexibility index (Phi) is 2.57. The lowest BCUT2D eigenvalue weighted by Gasteiger charge is -2.16. The lowest BCUT2D eigenvalue weighted by Crippen LogP contribution is -2.26. The fourth-order valence-electron chi connectivity index (χ4n) is 2.07. The number of ketones is 1. The monoisotopic (exact) mass is 220 g/mol. The third-order valence-corrected chi connectivity index (χ3v) is 3.73. The van der Waals surface area contributed by atoms with Crippen molar-refractivity contribution in [2.45, 2.75) is 32.6 Å². The Morgan fingerprint density at radius 3 is 3.00 bits per heavy atom. The first kappa shape index (κ1) is 10.3. The predicted molar refractivity (Wildman–Crippen MR) is 57.5 cm³/mol. The molecule has 1 aromatic rings. The van der Waals surface area contributed by atoms with E-state index in [9.17, 15) is 4.79 Å². The number of aryl methyl sites for hydroxylation is 1. The Morgan fingerprint density at radius 2 is 2.53 bits per heavy atom. The van der Waals surface area contributed by atoms with Crippen LogP contribution in [0.1, 0.15) is 30.0 Å². The van der Waals surface area contributed by atoms with E-state index in [1.165, 1.54) is 0 Å². The number of carbonyl (C=O) groups excluding carboxylic acids is 1. The highest BCUT2D eigenvalue weighted by Gasteiger charge is 2.42. The molecule has 0 spiro atoms. The molecule has 1 fully saturated rings. The standard InChI is InChI=1S/C11H12N2OS/c1-8-13-9(6-15-8)5-11(7-12)4-2-3-10(11)14/h6H,2-5H2,1H3. The highest BCUT2D eigenvalue weighted by Crippen LogP contribution is 2.37. The van der Waals surface area contributed by atoms with Crippen LogP contribution in [0.2, 0.25) is 0 Å². The van der Waals surface area contributed by atoms with Gasteiger partial charge in [-0.05, 0) is 19.8 Å². The summed E-state index contributed by atoms with van der Waals surface area (Å²) in [7, 11) is 0. The lowest BCUT2D eigenvalue weighted by molar-refractivity contribution is -0.123. The molecule has 1 heterocycles. The molecule has 4 heteroatoms. The van der Waals surface area contributed by atoms with E-state index in [-0.39, 0.29) is 5.78 Å². The maximum atomic E-state index is 11.7. The molecule has 1 aliphatic rings. The van der Waals surface area contributed by atoms with Crippen LogP contribution in [-0.2, 0) is 11.2 Å². The van der Waals surface area contributed by atoms with Gasteiger partial charge in [0.15, 0.2) is 5.78 Å². The highest BCUT2D eigenvalue weighted by molar-refractivity contribution is 7.09. The van der Waals surface area contributed by atoms with E-state index in [4.69, 9.17) is 5.26 Å². The van der Waals surface area contributed by atoms with Gasteiger partial charge in [0.1, 0.15) is 5.41 Å². The Labute approximate surface area is 92.8 Å². The van der Waals surface area contributed by atoms with Crippen LogP contribution in [0.15, 0.2) is 5.38 Å². The fourth-order valence-corrected chi connectivity index (χ4v) is 2.69. The third-order valence-electron chi connectivity index (χ3n) is 2.90. The summed E-state index contributed by atoms with van der Waals surface area (Å²) in [6.45, 7) is 1.93. The second kappa shape index (κ2) is 3.74. The van der Waals surface area contributed by atoms with E-state index >= 15 is 0 Å². The Hall–Kier alpha value is -1.21. The van der Waals surface area contributed by atoms with Gasteiger partial charge >= 0.3 is 0 Å². The molecule has 78 valence electrons. The molecule has 1 aromatic heterocycles. The van der Waals surface area contributed by atoms with Gasteiger partial charge in [-0.15, -0.1) is 11.3 Å². The van der Waals surface area contributed by atoms with E-state index in [1.54, 1.807) is 11.3 Å². The lowest BCUT2D eigenvalue weighted by atomic mass is 9.82. The van der Waals surface area contributed by atoms with Crippen LogP contribution in [0.5, 0.6) is 0 Å². The summed E-state index contributed by atoms with van der Waals surface area (Å²) in [5.41, 5.74) is 0.106. The molecule has 0 aliphatic heterocycles. The van der Waals surface area contributed by atoms with Gasteiger partial charge in [-0.1, -0.05) is 0 Å². The van der Waals surface area contributed by atoms with Gasteiger partial charge in [-0.2, -0.15) is 5.26 Å². The van der Waals surface area contributed by atoms with Crippen molar-refractivity contribution >= 4 is 17.1 Å². The van der Waals surface area contributed by atoms with Crippen molar-refractivity contribution in [2.75, 3.05) is 0 Å². The van der Waals surface area contributed by atoms with Crippen molar-refractivity contribution in [1.29, 1.82) is 5.26 Å².